The van der Waals surface area contributed by atoms with Crippen molar-refractivity contribution in [3.05, 3.63) is 51.9 Å². The number of benzene rings is 2. The van der Waals surface area contributed by atoms with Gasteiger partial charge in [-0.15, -0.1) is 0 Å². The SMILES string of the molecule is Oc1cc2c3c(c(O)cc2c2c1=CC=C2)=CC=CC3. The van der Waals surface area contributed by atoms with Gasteiger partial charge in [-0.25, -0.2) is 0 Å². The lowest BCUT2D eigenvalue weighted by Crippen LogP contribution is -2.14. The summed E-state index contributed by atoms with van der Waals surface area (Å²) in [5.41, 5.74) is 2.07. The molecule has 0 unspecified atom stereocenters. The normalized spacial score (nSPS) is 14.9. The monoisotopic (exact) mass is 248 g/mol. The molecule has 0 spiro atoms. The quantitative estimate of drug-likeness (QED) is 0.748. The molecule has 0 radical (unpaired) electrons. The Bertz CT molecular complexity index is 899. The molecule has 0 amide bonds. The van der Waals surface area contributed by atoms with Crippen LogP contribution in [0.2, 0.25) is 0 Å². The molecule has 2 aromatic carbocycles. The first-order chi connectivity index (χ1) is 9.25. The predicted octanol–water partition coefficient (Wildman–Crippen LogP) is 1.95. The first kappa shape index (κ1) is 10.4. The Kier molecular flexibility index (Phi) is 1.93. The zero-order chi connectivity index (χ0) is 13.0. The van der Waals surface area contributed by atoms with Crippen LogP contribution in [0.1, 0.15) is 11.1 Å². The van der Waals surface area contributed by atoms with Crippen LogP contribution < -0.4 is 10.4 Å². The summed E-state index contributed by atoms with van der Waals surface area (Å²) in [6.45, 7) is 0. The smallest absolute Gasteiger partial charge is 0.124 e. The summed E-state index contributed by atoms with van der Waals surface area (Å²) in [5.74, 6) is 0.606. The van der Waals surface area contributed by atoms with Crippen molar-refractivity contribution in [2.24, 2.45) is 0 Å². The molecule has 0 bridgehead atoms. The zero-order valence-electron chi connectivity index (χ0n) is 10.2. The Morgan fingerprint density at radius 1 is 0.842 bits per heavy atom. The molecule has 2 aliphatic carbocycles. The van der Waals surface area contributed by atoms with E-state index in [-0.39, 0.29) is 0 Å². The number of phenolic OH excluding ortho intramolecular Hbond substituents is 2. The number of phenols is 2. The van der Waals surface area contributed by atoms with Gasteiger partial charge in [-0.05, 0) is 40.5 Å². The topological polar surface area (TPSA) is 40.5 Å². The van der Waals surface area contributed by atoms with Crippen molar-refractivity contribution in [3.8, 4) is 11.5 Å². The minimum absolute atomic E-state index is 0.301. The van der Waals surface area contributed by atoms with E-state index in [1.165, 1.54) is 0 Å². The second-order valence-electron chi connectivity index (χ2n) is 4.93. The fourth-order valence-corrected chi connectivity index (χ4v) is 2.99. The van der Waals surface area contributed by atoms with Crippen LogP contribution in [0, 0.1) is 0 Å². The average molecular weight is 248 g/mol. The number of fused-ring (bicyclic) bond motifs is 5. The van der Waals surface area contributed by atoms with Crippen LogP contribution in [0.25, 0.3) is 29.0 Å². The van der Waals surface area contributed by atoms with Crippen molar-refractivity contribution in [1.82, 2.24) is 0 Å². The lowest BCUT2D eigenvalue weighted by Gasteiger charge is -2.13. The third kappa shape index (κ3) is 1.31. The zero-order valence-corrected chi connectivity index (χ0v) is 10.2. The molecule has 2 nitrogen and oxygen atoms in total. The highest BCUT2D eigenvalue weighted by atomic mass is 16.3. The first-order valence-electron chi connectivity index (χ1n) is 6.31. The van der Waals surface area contributed by atoms with Gasteiger partial charge in [0, 0.05) is 10.4 Å². The van der Waals surface area contributed by atoms with Crippen LogP contribution >= 0.6 is 0 Å². The van der Waals surface area contributed by atoms with E-state index < -0.39 is 0 Å². The largest absolute Gasteiger partial charge is 0.507 e. The number of rotatable bonds is 0. The van der Waals surface area contributed by atoms with Gasteiger partial charge in [-0.2, -0.15) is 0 Å². The van der Waals surface area contributed by atoms with E-state index in [1.54, 1.807) is 6.07 Å². The lowest BCUT2D eigenvalue weighted by molar-refractivity contribution is 0.469. The van der Waals surface area contributed by atoms with E-state index in [0.717, 1.165) is 38.8 Å². The molecule has 2 aliphatic rings. The highest BCUT2D eigenvalue weighted by Crippen LogP contribution is 2.28. The van der Waals surface area contributed by atoms with E-state index in [1.807, 2.05) is 36.4 Å². The molecular formula is C17H12O2. The number of allylic oxidation sites excluding steroid dienone is 3. The number of hydrogen-bond donors (Lipinski definition) is 2. The molecular weight excluding hydrogens is 236 g/mol. The summed E-state index contributed by atoms with van der Waals surface area (Å²) in [6, 6.07) is 3.61. The second kappa shape index (κ2) is 3.51. The van der Waals surface area contributed by atoms with Crippen LogP contribution in [-0.2, 0) is 6.42 Å². The molecule has 2 N–H and O–H groups in total. The molecule has 0 saturated heterocycles. The maximum absolute atomic E-state index is 10.2. The summed E-state index contributed by atoms with van der Waals surface area (Å²) in [7, 11) is 0. The summed E-state index contributed by atoms with van der Waals surface area (Å²) in [5, 5.41) is 24.0. The Morgan fingerprint density at radius 3 is 2.47 bits per heavy atom. The predicted molar refractivity (Wildman–Crippen MR) is 77.3 cm³/mol. The Morgan fingerprint density at radius 2 is 1.58 bits per heavy atom. The van der Waals surface area contributed by atoms with Gasteiger partial charge in [0.1, 0.15) is 11.5 Å². The standard InChI is InChI=1S/C17H12O2/c18-16-9-15-11-6-3-7-13(11)17(19)8-14(15)10-4-1-2-5-12(10)16/h1-3,5-9,18-19H,4H2. The molecule has 92 valence electrons. The van der Waals surface area contributed by atoms with Crippen molar-refractivity contribution in [3.63, 3.8) is 0 Å². The van der Waals surface area contributed by atoms with Gasteiger partial charge in [-0.3, -0.25) is 0 Å². The van der Waals surface area contributed by atoms with Gasteiger partial charge in [-0.1, -0.05) is 36.5 Å². The molecule has 2 heteroatoms. The van der Waals surface area contributed by atoms with Crippen molar-refractivity contribution < 1.29 is 10.2 Å². The van der Waals surface area contributed by atoms with Crippen LogP contribution in [0.3, 0.4) is 0 Å². The van der Waals surface area contributed by atoms with Crippen LogP contribution in [0.15, 0.2) is 30.4 Å². The highest BCUT2D eigenvalue weighted by molar-refractivity contribution is 5.98. The lowest BCUT2D eigenvalue weighted by atomic mass is 9.93. The molecule has 19 heavy (non-hydrogen) atoms. The maximum Gasteiger partial charge on any atom is 0.124 e. The molecule has 2 aromatic rings. The van der Waals surface area contributed by atoms with Gasteiger partial charge >= 0.3 is 0 Å². The molecule has 4 rings (SSSR count). The van der Waals surface area contributed by atoms with E-state index in [2.05, 4.69) is 6.08 Å². The van der Waals surface area contributed by atoms with E-state index in [9.17, 15) is 10.2 Å². The third-order valence-corrected chi connectivity index (χ3v) is 3.88. The van der Waals surface area contributed by atoms with Gasteiger partial charge in [0.25, 0.3) is 0 Å². The Labute approximate surface area is 109 Å². The molecule has 0 saturated carbocycles. The average Bonchev–Trinajstić information content (AvgIpc) is 2.91. The number of aromatic hydroxyl groups is 2. The maximum atomic E-state index is 10.2. The fourth-order valence-electron chi connectivity index (χ4n) is 2.99. The molecule has 0 fully saturated rings. The van der Waals surface area contributed by atoms with Crippen LogP contribution in [0.4, 0.5) is 0 Å². The molecule has 0 atom stereocenters. The van der Waals surface area contributed by atoms with E-state index in [0.29, 0.717) is 11.5 Å². The van der Waals surface area contributed by atoms with Gasteiger partial charge < -0.3 is 10.2 Å². The minimum atomic E-state index is 0.301. The first-order valence-corrected chi connectivity index (χ1v) is 6.31. The molecule has 0 heterocycles. The van der Waals surface area contributed by atoms with Crippen molar-refractivity contribution in [2.45, 2.75) is 6.42 Å². The Balaban J connectivity index is 2.28. The fraction of sp³-hybridized carbons (Fsp3) is 0.0588. The van der Waals surface area contributed by atoms with Gasteiger partial charge in [0.05, 0.1) is 0 Å². The van der Waals surface area contributed by atoms with Crippen molar-refractivity contribution in [2.75, 3.05) is 0 Å². The van der Waals surface area contributed by atoms with Gasteiger partial charge in [0.15, 0.2) is 0 Å². The van der Waals surface area contributed by atoms with E-state index >= 15 is 0 Å². The van der Waals surface area contributed by atoms with Crippen molar-refractivity contribution >= 4 is 29.0 Å². The molecule has 0 aromatic heterocycles. The molecule has 0 aliphatic heterocycles. The second-order valence-corrected chi connectivity index (χ2v) is 4.93. The summed E-state index contributed by atoms with van der Waals surface area (Å²) < 4.78 is 0. The van der Waals surface area contributed by atoms with Crippen LogP contribution in [-0.4, -0.2) is 10.2 Å². The Hall–Kier alpha value is -2.48. The number of hydrogen-bond acceptors (Lipinski definition) is 2. The summed E-state index contributed by atoms with van der Waals surface area (Å²) in [4.78, 5) is 0. The summed E-state index contributed by atoms with van der Waals surface area (Å²) in [6.07, 6.45) is 12.5. The minimum Gasteiger partial charge on any atom is -0.507 e. The van der Waals surface area contributed by atoms with Crippen LogP contribution in [0.5, 0.6) is 11.5 Å². The highest BCUT2D eigenvalue weighted by Gasteiger charge is 2.14. The van der Waals surface area contributed by atoms with Crippen molar-refractivity contribution in [1.29, 1.82) is 0 Å². The van der Waals surface area contributed by atoms with Gasteiger partial charge in [0.2, 0.25) is 0 Å². The van der Waals surface area contributed by atoms with E-state index in [4.69, 9.17) is 0 Å². The summed E-state index contributed by atoms with van der Waals surface area (Å²) >= 11 is 0. The third-order valence-electron chi connectivity index (χ3n) is 3.88.